The second kappa shape index (κ2) is 10.2. The number of benzene rings is 1. The summed E-state index contributed by atoms with van der Waals surface area (Å²) in [4.78, 5) is 5.75. The Bertz CT molecular complexity index is 875. The monoisotopic (exact) mass is 469 g/mol. The van der Waals surface area contributed by atoms with E-state index >= 15 is 0 Å². The molecule has 0 saturated carbocycles. The van der Waals surface area contributed by atoms with E-state index in [1.165, 1.54) is 16.8 Å². The second-order valence-electron chi connectivity index (χ2n) is 8.54. The van der Waals surface area contributed by atoms with Crippen molar-refractivity contribution < 1.29 is 22.6 Å². The Kier molecular flexibility index (Phi) is 7.82. The summed E-state index contributed by atoms with van der Waals surface area (Å²) in [5.74, 6) is 1.60. The van der Waals surface area contributed by atoms with Gasteiger partial charge in [-0.25, -0.2) is 4.31 Å². The normalized spacial score (nSPS) is 18.0. The van der Waals surface area contributed by atoms with E-state index in [1.807, 2.05) is 58.0 Å². The standard InChI is InChI=1S/C23H30F3N3O2S/c1-5-32-28-11-12-29(19(15-28)23(24,25)26)20-13-18(14-21(27-20)31-22(2,3)4)30-16-17-9-7-6-8-10-17/h6-10,13-14,19H,5,11-12,15-16H2,1-4H3. The van der Waals surface area contributed by atoms with Gasteiger partial charge in [0.05, 0.1) is 0 Å². The maximum Gasteiger partial charge on any atom is 0.410 e. The predicted octanol–water partition coefficient (Wildman–Crippen LogP) is 5.56. The molecule has 3 rings (SSSR count). The number of halogens is 3. The van der Waals surface area contributed by atoms with Crippen LogP contribution in [-0.4, -0.2) is 52.5 Å². The van der Waals surface area contributed by atoms with Crippen LogP contribution >= 0.6 is 11.9 Å². The van der Waals surface area contributed by atoms with E-state index in [1.54, 1.807) is 16.4 Å². The number of piperazine rings is 1. The number of hydrogen-bond acceptors (Lipinski definition) is 6. The third-order valence-corrected chi connectivity index (χ3v) is 5.70. The van der Waals surface area contributed by atoms with Gasteiger partial charge in [-0.15, -0.1) is 0 Å². The SMILES string of the molecule is CCSN1CCN(c2cc(OCc3ccccc3)cc(OC(C)(C)C)n2)C(C(F)(F)F)C1. The number of nitrogens with zero attached hydrogens (tertiary/aromatic N) is 3. The Morgan fingerprint density at radius 1 is 1.09 bits per heavy atom. The van der Waals surface area contributed by atoms with Crippen LogP contribution in [-0.2, 0) is 6.61 Å². The molecule has 2 heterocycles. The average Bonchev–Trinajstić information content (AvgIpc) is 2.71. The van der Waals surface area contributed by atoms with E-state index in [9.17, 15) is 13.2 Å². The Morgan fingerprint density at radius 2 is 1.81 bits per heavy atom. The lowest BCUT2D eigenvalue weighted by Crippen LogP contribution is -2.58. The van der Waals surface area contributed by atoms with E-state index in [0.717, 1.165) is 11.3 Å². The van der Waals surface area contributed by atoms with Gasteiger partial charge in [0.15, 0.2) is 0 Å². The van der Waals surface area contributed by atoms with E-state index in [4.69, 9.17) is 9.47 Å². The van der Waals surface area contributed by atoms with Crippen molar-refractivity contribution in [2.24, 2.45) is 0 Å². The van der Waals surface area contributed by atoms with Crippen molar-refractivity contribution in [3.8, 4) is 11.6 Å². The van der Waals surface area contributed by atoms with Gasteiger partial charge in [0, 0.05) is 37.5 Å². The number of anilines is 1. The third kappa shape index (κ3) is 6.93. The lowest BCUT2D eigenvalue weighted by atomic mass is 10.1. The highest BCUT2D eigenvalue weighted by Crippen LogP contribution is 2.35. The number of alkyl halides is 3. The van der Waals surface area contributed by atoms with Crippen molar-refractivity contribution in [2.45, 2.75) is 52.1 Å². The molecule has 1 aliphatic rings. The van der Waals surface area contributed by atoms with Crippen molar-refractivity contribution in [2.75, 3.05) is 30.3 Å². The van der Waals surface area contributed by atoms with Crippen LogP contribution in [0.2, 0.25) is 0 Å². The lowest BCUT2D eigenvalue weighted by molar-refractivity contribution is -0.153. The molecular weight excluding hydrogens is 439 g/mol. The highest BCUT2D eigenvalue weighted by molar-refractivity contribution is 7.96. The number of aromatic nitrogens is 1. The molecule has 1 atom stereocenters. The lowest BCUT2D eigenvalue weighted by Gasteiger charge is -2.42. The van der Waals surface area contributed by atoms with Gasteiger partial charge < -0.3 is 14.4 Å². The summed E-state index contributed by atoms with van der Waals surface area (Å²) in [6.07, 6.45) is -4.39. The van der Waals surface area contributed by atoms with Crippen molar-refractivity contribution in [3.63, 3.8) is 0 Å². The molecule has 0 bridgehead atoms. The number of hydrogen-bond donors (Lipinski definition) is 0. The van der Waals surface area contributed by atoms with Crippen LogP contribution in [0.15, 0.2) is 42.5 Å². The first-order valence-electron chi connectivity index (χ1n) is 10.6. The summed E-state index contributed by atoms with van der Waals surface area (Å²) in [5, 5.41) is 0. The Morgan fingerprint density at radius 3 is 2.44 bits per heavy atom. The zero-order chi connectivity index (χ0) is 23.4. The molecule has 0 amide bonds. The fraction of sp³-hybridized carbons (Fsp3) is 0.522. The van der Waals surface area contributed by atoms with Gasteiger partial charge in [-0.1, -0.05) is 49.2 Å². The van der Waals surface area contributed by atoms with Crippen molar-refractivity contribution in [1.82, 2.24) is 9.29 Å². The first kappa shape index (κ1) is 24.5. The fourth-order valence-corrected chi connectivity index (χ4v) is 4.24. The summed E-state index contributed by atoms with van der Waals surface area (Å²) in [5.41, 5.74) is 0.407. The van der Waals surface area contributed by atoms with Crippen LogP contribution in [0.5, 0.6) is 11.6 Å². The van der Waals surface area contributed by atoms with Gasteiger partial charge in [0.25, 0.3) is 0 Å². The van der Waals surface area contributed by atoms with Crippen molar-refractivity contribution in [3.05, 3.63) is 48.0 Å². The topological polar surface area (TPSA) is 37.8 Å². The summed E-state index contributed by atoms with van der Waals surface area (Å²) in [6.45, 7) is 8.43. The molecule has 32 heavy (non-hydrogen) atoms. The maximum absolute atomic E-state index is 14.0. The Hall–Kier alpha value is -2.13. The summed E-state index contributed by atoms with van der Waals surface area (Å²) in [7, 11) is 0. The van der Waals surface area contributed by atoms with Crippen molar-refractivity contribution in [1.29, 1.82) is 0 Å². The zero-order valence-corrected chi connectivity index (χ0v) is 19.7. The first-order valence-corrected chi connectivity index (χ1v) is 11.6. The van der Waals surface area contributed by atoms with Crippen LogP contribution in [0.3, 0.4) is 0 Å². The Balaban J connectivity index is 1.91. The molecule has 1 fully saturated rings. The predicted molar refractivity (Wildman–Crippen MR) is 122 cm³/mol. The zero-order valence-electron chi connectivity index (χ0n) is 18.9. The minimum absolute atomic E-state index is 0.117. The molecule has 0 aliphatic carbocycles. The van der Waals surface area contributed by atoms with Gasteiger partial charge >= 0.3 is 6.18 Å². The smallest absolute Gasteiger partial charge is 0.410 e. The number of pyridine rings is 1. The molecule has 1 aromatic carbocycles. The fourth-order valence-electron chi connectivity index (χ4n) is 3.42. The molecule has 0 radical (unpaired) electrons. The minimum Gasteiger partial charge on any atom is -0.489 e. The largest absolute Gasteiger partial charge is 0.489 e. The molecule has 1 saturated heterocycles. The quantitative estimate of drug-likeness (QED) is 0.495. The molecule has 2 aromatic rings. The molecule has 0 N–H and O–H groups in total. The van der Waals surface area contributed by atoms with Crippen LogP contribution < -0.4 is 14.4 Å². The molecule has 176 valence electrons. The number of ether oxygens (including phenoxy) is 2. The Labute approximate surface area is 192 Å². The van der Waals surface area contributed by atoms with E-state index in [0.29, 0.717) is 18.9 Å². The highest BCUT2D eigenvalue weighted by atomic mass is 32.2. The molecular formula is C23H30F3N3O2S. The molecule has 9 heteroatoms. The van der Waals surface area contributed by atoms with Gasteiger partial charge in [-0.05, 0) is 26.3 Å². The minimum atomic E-state index is -4.39. The third-order valence-electron chi connectivity index (χ3n) is 4.75. The van der Waals surface area contributed by atoms with Crippen LogP contribution in [0.25, 0.3) is 0 Å². The van der Waals surface area contributed by atoms with Crippen LogP contribution in [0.4, 0.5) is 19.0 Å². The van der Waals surface area contributed by atoms with E-state index < -0.39 is 17.8 Å². The van der Waals surface area contributed by atoms with Gasteiger partial charge in [-0.3, -0.25) is 0 Å². The van der Waals surface area contributed by atoms with Crippen LogP contribution in [0, 0.1) is 0 Å². The molecule has 5 nitrogen and oxygen atoms in total. The number of rotatable bonds is 7. The molecule has 1 aliphatic heterocycles. The van der Waals surface area contributed by atoms with Gasteiger partial charge in [0.1, 0.15) is 29.8 Å². The first-order chi connectivity index (χ1) is 15.0. The summed E-state index contributed by atoms with van der Waals surface area (Å²) in [6, 6.07) is 11.1. The molecule has 0 spiro atoms. The van der Waals surface area contributed by atoms with Gasteiger partial charge in [0.2, 0.25) is 5.88 Å². The maximum atomic E-state index is 14.0. The molecule has 1 unspecified atom stereocenters. The van der Waals surface area contributed by atoms with Gasteiger partial charge in [-0.2, -0.15) is 18.2 Å². The van der Waals surface area contributed by atoms with E-state index in [-0.39, 0.29) is 24.8 Å². The summed E-state index contributed by atoms with van der Waals surface area (Å²) < 4.78 is 55.5. The average molecular weight is 470 g/mol. The van der Waals surface area contributed by atoms with E-state index in [2.05, 4.69) is 4.98 Å². The van der Waals surface area contributed by atoms with Crippen LogP contribution in [0.1, 0.15) is 33.3 Å². The second-order valence-corrected chi connectivity index (χ2v) is 9.90. The molecule has 1 aromatic heterocycles. The highest BCUT2D eigenvalue weighted by Gasteiger charge is 2.47. The van der Waals surface area contributed by atoms with Crippen molar-refractivity contribution >= 4 is 17.8 Å². The summed E-state index contributed by atoms with van der Waals surface area (Å²) >= 11 is 1.43.